The van der Waals surface area contributed by atoms with E-state index in [2.05, 4.69) is 26.2 Å². The maximum atomic E-state index is 12.3. The topological polar surface area (TPSA) is 52.6 Å². The van der Waals surface area contributed by atoms with Crippen LogP contribution in [0.1, 0.15) is 20.3 Å². The van der Waals surface area contributed by atoms with Gasteiger partial charge in [0.1, 0.15) is 0 Å². The predicted octanol–water partition coefficient (Wildman–Crippen LogP) is 3.01. The summed E-state index contributed by atoms with van der Waals surface area (Å²) in [7, 11) is -1.66. The van der Waals surface area contributed by atoms with Crippen LogP contribution in [0.5, 0.6) is 0 Å². The molecular formula is C15H26O4Si. The summed E-state index contributed by atoms with van der Waals surface area (Å²) in [6.07, 6.45) is 0.539. The lowest BCUT2D eigenvalue weighted by Gasteiger charge is -2.31. The van der Waals surface area contributed by atoms with Crippen LogP contribution in [-0.2, 0) is 19.1 Å². The summed E-state index contributed by atoms with van der Waals surface area (Å²) in [4.78, 5) is 24.4. The van der Waals surface area contributed by atoms with Crippen LogP contribution in [-0.4, -0.2) is 33.2 Å². The van der Waals surface area contributed by atoms with E-state index in [1.165, 1.54) is 0 Å². The molecule has 0 aliphatic heterocycles. The predicted molar refractivity (Wildman–Crippen MR) is 81.1 cm³/mol. The normalized spacial score (nSPS) is 26.4. The number of hydrogen-bond donors (Lipinski definition) is 0. The van der Waals surface area contributed by atoms with Gasteiger partial charge in [-0.15, -0.1) is 0 Å². The van der Waals surface area contributed by atoms with Crippen molar-refractivity contribution >= 4 is 20.0 Å². The average molecular weight is 298 g/mol. The standard InChI is InChI=1S/C15H26O4Si/c1-7-18-14(16)11-9-10(3)13(20(4,5)6)12(11)15(17)19-8-2/h11-13H,3,7-9H2,1-2,4-6H3. The van der Waals surface area contributed by atoms with Crippen molar-refractivity contribution in [3.63, 3.8) is 0 Å². The zero-order valence-electron chi connectivity index (χ0n) is 13.2. The van der Waals surface area contributed by atoms with Crippen molar-refractivity contribution in [3.8, 4) is 0 Å². The summed E-state index contributed by atoms with van der Waals surface area (Å²) in [5.41, 5.74) is 1.08. The lowest BCUT2D eigenvalue weighted by molar-refractivity contribution is -0.158. The lowest BCUT2D eigenvalue weighted by atomic mass is 9.96. The molecule has 3 atom stereocenters. The maximum Gasteiger partial charge on any atom is 0.310 e. The summed E-state index contributed by atoms with van der Waals surface area (Å²) < 4.78 is 10.3. The van der Waals surface area contributed by atoms with Gasteiger partial charge in [0.15, 0.2) is 0 Å². The summed E-state index contributed by atoms with van der Waals surface area (Å²) in [5, 5.41) is 0. The van der Waals surface area contributed by atoms with E-state index in [-0.39, 0.29) is 17.5 Å². The van der Waals surface area contributed by atoms with Gasteiger partial charge in [0.05, 0.1) is 33.1 Å². The molecule has 0 radical (unpaired) electrons. The van der Waals surface area contributed by atoms with Gasteiger partial charge in [-0.05, 0) is 25.8 Å². The highest BCUT2D eigenvalue weighted by Gasteiger charge is 2.52. The number of ether oxygens (including phenoxy) is 2. The minimum atomic E-state index is -1.66. The number of carbonyl (C=O) groups is 2. The number of allylic oxidation sites excluding steroid dienone is 1. The molecule has 0 aromatic heterocycles. The average Bonchev–Trinajstić information content (AvgIpc) is 2.67. The van der Waals surface area contributed by atoms with Crippen LogP contribution in [0.2, 0.25) is 25.2 Å². The Bertz CT molecular complexity index is 397. The number of rotatable bonds is 5. The molecule has 5 heteroatoms. The largest absolute Gasteiger partial charge is 0.466 e. The molecule has 0 spiro atoms. The number of esters is 2. The van der Waals surface area contributed by atoms with Crippen molar-refractivity contribution in [3.05, 3.63) is 12.2 Å². The molecule has 1 rings (SSSR count). The van der Waals surface area contributed by atoms with Gasteiger partial charge in [-0.2, -0.15) is 0 Å². The first-order chi connectivity index (χ1) is 9.23. The second-order valence-corrected chi connectivity index (χ2v) is 11.7. The fourth-order valence-electron chi connectivity index (χ4n) is 3.19. The third-order valence-corrected chi connectivity index (χ3v) is 6.43. The Balaban J connectivity index is 3.10. The van der Waals surface area contributed by atoms with Crippen molar-refractivity contribution in [2.45, 2.75) is 45.5 Å². The quantitative estimate of drug-likeness (QED) is 0.445. The minimum absolute atomic E-state index is 0.0796. The Labute approximate surface area is 122 Å². The van der Waals surface area contributed by atoms with Gasteiger partial charge in [0.25, 0.3) is 0 Å². The first-order valence-electron chi connectivity index (χ1n) is 7.24. The van der Waals surface area contributed by atoms with E-state index in [4.69, 9.17) is 9.47 Å². The van der Waals surface area contributed by atoms with E-state index >= 15 is 0 Å². The Morgan fingerprint density at radius 3 is 2.10 bits per heavy atom. The Morgan fingerprint density at radius 2 is 1.65 bits per heavy atom. The van der Waals surface area contributed by atoms with E-state index < -0.39 is 19.9 Å². The molecule has 4 nitrogen and oxygen atoms in total. The van der Waals surface area contributed by atoms with Crippen molar-refractivity contribution in [1.29, 1.82) is 0 Å². The molecule has 1 fully saturated rings. The molecule has 0 bridgehead atoms. The summed E-state index contributed by atoms with van der Waals surface area (Å²) >= 11 is 0. The van der Waals surface area contributed by atoms with Crippen molar-refractivity contribution in [2.24, 2.45) is 11.8 Å². The molecule has 114 valence electrons. The van der Waals surface area contributed by atoms with E-state index in [0.29, 0.717) is 19.6 Å². The van der Waals surface area contributed by atoms with E-state index in [1.807, 2.05) is 0 Å². The van der Waals surface area contributed by atoms with Gasteiger partial charge in [-0.3, -0.25) is 9.59 Å². The van der Waals surface area contributed by atoms with Crippen LogP contribution < -0.4 is 0 Å². The van der Waals surface area contributed by atoms with E-state index in [9.17, 15) is 9.59 Å². The Kier molecular flexibility index (Phi) is 5.56. The van der Waals surface area contributed by atoms with E-state index in [1.54, 1.807) is 13.8 Å². The maximum absolute atomic E-state index is 12.3. The van der Waals surface area contributed by atoms with Gasteiger partial charge in [-0.1, -0.05) is 31.8 Å². The SMILES string of the molecule is C=C1CC(C(=O)OCC)C(C(=O)OCC)C1[Si](C)(C)C. The molecule has 0 N–H and O–H groups in total. The molecule has 0 saturated heterocycles. The van der Waals surface area contributed by atoms with Crippen LogP contribution in [0, 0.1) is 11.8 Å². The van der Waals surface area contributed by atoms with Crippen LogP contribution >= 0.6 is 0 Å². The second kappa shape index (κ2) is 6.57. The van der Waals surface area contributed by atoms with Gasteiger partial charge < -0.3 is 9.47 Å². The van der Waals surface area contributed by atoms with Crippen LogP contribution in [0.3, 0.4) is 0 Å². The lowest BCUT2D eigenvalue weighted by Crippen LogP contribution is -2.39. The fraction of sp³-hybridized carbons (Fsp3) is 0.733. The molecule has 0 aromatic rings. The molecule has 3 unspecified atom stereocenters. The van der Waals surface area contributed by atoms with Gasteiger partial charge in [0, 0.05) is 0 Å². The van der Waals surface area contributed by atoms with Crippen LogP contribution in [0.25, 0.3) is 0 Å². The van der Waals surface area contributed by atoms with Gasteiger partial charge in [0.2, 0.25) is 0 Å². The highest BCUT2D eigenvalue weighted by atomic mass is 28.3. The third kappa shape index (κ3) is 3.51. The highest BCUT2D eigenvalue weighted by Crippen LogP contribution is 2.50. The van der Waals surface area contributed by atoms with Gasteiger partial charge >= 0.3 is 11.9 Å². The molecule has 1 aliphatic carbocycles. The molecule has 0 aromatic carbocycles. The summed E-state index contributed by atoms with van der Waals surface area (Å²) in [6.45, 7) is 14.9. The third-order valence-electron chi connectivity index (χ3n) is 3.80. The summed E-state index contributed by atoms with van der Waals surface area (Å²) in [5.74, 6) is -1.43. The molecule has 0 heterocycles. The first-order valence-corrected chi connectivity index (χ1v) is 10.8. The minimum Gasteiger partial charge on any atom is -0.466 e. The highest BCUT2D eigenvalue weighted by molar-refractivity contribution is 6.78. The zero-order chi connectivity index (χ0) is 15.5. The van der Waals surface area contributed by atoms with Crippen LogP contribution in [0.4, 0.5) is 0 Å². The number of hydrogen-bond acceptors (Lipinski definition) is 4. The van der Waals surface area contributed by atoms with Crippen LogP contribution in [0.15, 0.2) is 12.2 Å². The molecular weight excluding hydrogens is 272 g/mol. The smallest absolute Gasteiger partial charge is 0.310 e. The first kappa shape index (κ1) is 16.9. The Hall–Kier alpha value is -1.10. The van der Waals surface area contributed by atoms with Crippen molar-refractivity contribution in [2.75, 3.05) is 13.2 Å². The van der Waals surface area contributed by atoms with E-state index in [0.717, 1.165) is 5.57 Å². The monoisotopic (exact) mass is 298 g/mol. The fourth-order valence-corrected chi connectivity index (χ4v) is 5.98. The molecule has 0 amide bonds. The second-order valence-electron chi connectivity index (χ2n) is 6.34. The van der Waals surface area contributed by atoms with Crippen molar-refractivity contribution in [1.82, 2.24) is 0 Å². The molecule has 1 saturated carbocycles. The van der Waals surface area contributed by atoms with Gasteiger partial charge in [-0.25, -0.2) is 0 Å². The summed E-state index contributed by atoms with van der Waals surface area (Å²) in [6, 6.07) is 0. The molecule has 1 aliphatic rings. The Morgan fingerprint density at radius 1 is 1.15 bits per heavy atom. The number of carbonyl (C=O) groups excluding carboxylic acids is 2. The molecule has 20 heavy (non-hydrogen) atoms. The zero-order valence-corrected chi connectivity index (χ0v) is 14.2. The van der Waals surface area contributed by atoms with Crippen molar-refractivity contribution < 1.29 is 19.1 Å².